The van der Waals surface area contributed by atoms with Gasteiger partial charge in [0.2, 0.25) is 5.78 Å². The molecule has 0 amide bonds. The molecular formula is C15H11Br2NO2. The van der Waals surface area contributed by atoms with Gasteiger partial charge in [-0.05, 0) is 74.0 Å². The van der Waals surface area contributed by atoms with Crippen LogP contribution in [0.4, 0.5) is 0 Å². The highest BCUT2D eigenvalue weighted by Crippen LogP contribution is 2.35. The Balaban J connectivity index is 2.19. The minimum absolute atomic E-state index is 0.0247. The van der Waals surface area contributed by atoms with Gasteiger partial charge in [0, 0.05) is 16.2 Å². The topological polar surface area (TPSA) is 39.2 Å². The second kappa shape index (κ2) is 5.30. The molecule has 0 fully saturated rings. The lowest BCUT2D eigenvalue weighted by Gasteiger charge is -2.11. The molecule has 1 heterocycles. The quantitative estimate of drug-likeness (QED) is 0.732. The van der Waals surface area contributed by atoms with Gasteiger partial charge in [-0.1, -0.05) is 0 Å². The number of pyridine rings is 1. The van der Waals surface area contributed by atoms with Crippen LogP contribution in [0.3, 0.4) is 0 Å². The third-order valence-electron chi connectivity index (χ3n) is 3.46. The first-order valence-electron chi connectivity index (χ1n) is 6.16. The van der Waals surface area contributed by atoms with Gasteiger partial charge in [-0.15, -0.1) is 0 Å². The number of methoxy groups -OCH3 is 1. The van der Waals surface area contributed by atoms with Crippen LogP contribution >= 0.6 is 31.9 Å². The first kappa shape index (κ1) is 13.8. The Morgan fingerprint density at radius 3 is 2.80 bits per heavy atom. The lowest BCUT2D eigenvalue weighted by atomic mass is 10.0. The summed E-state index contributed by atoms with van der Waals surface area (Å²) in [5.41, 5.74) is 3.21. The molecule has 0 bridgehead atoms. The number of hydrogen-bond donors (Lipinski definition) is 0. The predicted molar refractivity (Wildman–Crippen MR) is 83.5 cm³/mol. The number of carbonyl (C=O) groups excluding carboxylic acids is 1. The highest BCUT2D eigenvalue weighted by atomic mass is 79.9. The van der Waals surface area contributed by atoms with Crippen LogP contribution in [0.2, 0.25) is 0 Å². The van der Waals surface area contributed by atoms with Gasteiger partial charge in [-0.25, -0.2) is 0 Å². The number of rotatable bonds is 1. The molecule has 0 N–H and O–H groups in total. The largest absolute Gasteiger partial charge is 0.496 e. The Morgan fingerprint density at radius 2 is 2.05 bits per heavy atom. The van der Waals surface area contributed by atoms with Gasteiger partial charge >= 0.3 is 0 Å². The maximum absolute atomic E-state index is 12.7. The molecule has 2 aromatic rings. The molecule has 0 atom stereocenters. The summed E-state index contributed by atoms with van der Waals surface area (Å²) in [6.45, 7) is 0. The van der Waals surface area contributed by atoms with E-state index in [0.717, 1.165) is 38.7 Å². The van der Waals surface area contributed by atoms with Crippen molar-refractivity contribution in [2.75, 3.05) is 7.11 Å². The van der Waals surface area contributed by atoms with E-state index < -0.39 is 0 Å². The fourth-order valence-electron chi connectivity index (χ4n) is 2.48. The van der Waals surface area contributed by atoms with Crippen LogP contribution in [0.25, 0.3) is 0 Å². The average molecular weight is 397 g/mol. The molecule has 0 spiro atoms. The monoisotopic (exact) mass is 395 g/mol. The number of aryl methyl sites for hydroxylation is 1. The third-order valence-corrected chi connectivity index (χ3v) is 4.77. The Hall–Kier alpha value is -1.20. The van der Waals surface area contributed by atoms with Crippen molar-refractivity contribution in [1.82, 2.24) is 4.98 Å². The molecule has 0 radical (unpaired) electrons. The molecule has 0 unspecified atom stereocenters. The van der Waals surface area contributed by atoms with E-state index >= 15 is 0 Å². The summed E-state index contributed by atoms with van der Waals surface area (Å²) in [5.74, 6) is 0.722. The third kappa shape index (κ3) is 2.19. The van der Waals surface area contributed by atoms with Crippen molar-refractivity contribution in [3.8, 4) is 5.75 Å². The summed E-state index contributed by atoms with van der Waals surface area (Å²) in [6.07, 6.45) is 3.23. The molecule has 1 aromatic heterocycles. The van der Waals surface area contributed by atoms with E-state index in [4.69, 9.17) is 4.74 Å². The second-order valence-electron chi connectivity index (χ2n) is 4.60. The van der Waals surface area contributed by atoms with Crippen LogP contribution < -0.4 is 4.74 Å². The number of ether oxygens (including phenoxy) is 1. The fourth-order valence-corrected chi connectivity index (χ4v) is 3.56. The summed E-state index contributed by atoms with van der Waals surface area (Å²) >= 11 is 6.95. The van der Waals surface area contributed by atoms with E-state index in [1.54, 1.807) is 13.3 Å². The Kier molecular flexibility index (Phi) is 3.65. The molecule has 102 valence electrons. The fraction of sp³-hybridized carbons (Fsp3) is 0.200. The molecule has 0 saturated carbocycles. The maximum atomic E-state index is 12.7. The minimum Gasteiger partial charge on any atom is -0.496 e. The number of nitrogens with zero attached hydrogens (tertiary/aromatic N) is 1. The van der Waals surface area contributed by atoms with E-state index in [-0.39, 0.29) is 5.78 Å². The number of benzene rings is 1. The SMILES string of the molecule is COc1ccc2c(c1Br)CCc1cc(Br)cnc1C2=O. The minimum atomic E-state index is -0.0247. The predicted octanol–water partition coefficient (Wildman–Crippen LogP) is 3.94. The van der Waals surface area contributed by atoms with Crippen molar-refractivity contribution in [3.63, 3.8) is 0 Å². The molecule has 3 nitrogen and oxygen atoms in total. The van der Waals surface area contributed by atoms with Gasteiger partial charge in [0.05, 0.1) is 11.6 Å². The Morgan fingerprint density at radius 1 is 1.25 bits per heavy atom. The van der Waals surface area contributed by atoms with E-state index in [1.807, 2.05) is 18.2 Å². The van der Waals surface area contributed by atoms with Gasteiger partial charge in [-0.3, -0.25) is 9.78 Å². The summed E-state index contributed by atoms with van der Waals surface area (Å²) in [7, 11) is 1.62. The van der Waals surface area contributed by atoms with Crippen LogP contribution in [0.15, 0.2) is 33.3 Å². The van der Waals surface area contributed by atoms with E-state index in [0.29, 0.717) is 11.3 Å². The second-order valence-corrected chi connectivity index (χ2v) is 6.31. The van der Waals surface area contributed by atoms with Crippen molar-refractivity contribution in [2.45, 2.75) is 12.8 Å². The summed E-state index contributed by atoms with van der Waals surface area (Å²) < 4.78 is 7.06. The average Bonchev–Trinajstić information content (AvgIpc) is 2.58. The molecule has 20 heavy (non-hydrogen) atoms. The number of carbonyl (C=O) groups is 1. The number of hydrogen-bond acceptors (Lipinski definition) is 3. The zero-order chi connectivity index (χ0) is 14.3. The summed E-state index contributed by atoms with van der Waals surface area (Å²) in [4.78, 5) is 16.9. The molecule has 3 rings (SSSR count). The van der Waals surface area contributed by atoms with Crippen LogP contribution in [-0.4, -0.2) is 17.9 Å². The van der Waals surface area contributed by atoms with Gasteiger partial charge in [0.25, 0.3) is 0 Å². The van der Waals surface area contributed by atoms with E-state index in [9.17, 15) is 4.79 Å². The Labute approximate surface area is 133 Å². The lowest BCUT2D eigenvalue weighted by molar-refractivity contribution is 0.103. The van der Waals surface area contributed by atoms with Crippen LogP contribution in [0, 0.1) is 0 Å². The maximum Gasteiger partial charge on any atom is 0.211 e. The van der Waals surface area contributed by atoms with Gasteiger partial charge < -0.3 is 4.74 Å². The molecule has 5 heteroatoms. The van der Waals surface area contributed by atoms with Crippen molar-refractivity contribution < 1.29 is 9.53 Å². The van der Waals surface area contributed by atoms with Gasteiger partial charge in [0.15, 0.2) is 0 Å². The molecule has 1 aliphatic rings. The summed E-state index contributed by atoms with van der Waals surface area (Å²) in [6, 6.07) is 5.60. The number of aromatic nitrogens is 1. The van der Waals surface area contributed by atoms with E-state index in [1.165, 1.54) is 0 Å². The molecule has 1 aromatic carbocycles. The standard InChI is InChI=1S/C15H11Br2NO2/c1-20-12-5-4-11-10(13(12)17)3-2-8-6-9(16)7-18-14(8)15(11)19/h4-7H,2-3H2,1H3. The lowest BCUT2D eigenvalue weighted by Crippen LogP contribution is -2.07. The first-order valence-corrected chi connectivity index (χ1v) is 7.75. The van der Waals surface area contributed by atoms with E-state index in [2.05, 4.69) is 36.8 Å². The van der Waals surface area contributed by atoms with Crippen LogP contribution in [0.5, 0.6) is 5.75 Å². The smallest absolute Gasteiger partial charge is 0.211 e. The van der Waals surface area contributed by atoms with Crippen LogP contribution in [-0.2, 0) is 12.8 Å². The first-order chi connectivity index (χ1) is 9.61. The zero-order valence-corrected chi connectivity index (χ0v) is 13.9. The Bertz CT molecular complexity index is 713. The molecule has 1 aliphatic carbocycles. The van der Waals surface area contributed by atoms with Crippen molar-refractivity contribution >= 4 is 37.6 Å². The molecule has 0 aliphatic heterocycles. The highest BCUT2D eigenvalue weighted by molar-refractivity contribution is 9.10. The zero-order valence-electron chi connectivity index (χ0n) is 10.7. The van der Waals surface area contributed by atoms with Crippen LogP contribution in [0.1, 0.15) is 27.2 Å². The molecule has 0 saturated heterocycles. The van der Waals surface area contributed by atoms with Crippen molar-refractivity contribution in [2.24, 2.45) is 0 Å². The van der Waals surface area contributed by atoms with Crippen molar-refractivity contribution in [1.29, 1.82) is 0 Å². The van der Waals surface area contributed by atoms with Crippen molar-refractivity contribution in [3.05, 3.63) is 55.7 Å². The number of halogens is 2. The molecular weight excluding hydrogens is 386 g/mol. The van der Waals surface area contributed by atoms with Gasteiger partial charge in [0.1, 0.15) is 11.4 Å². The number of ketones is 1. The van der Waals surface area contributed by atoms with Gasteiger partial charge in [-0.2, -0.15) is 0 Å². The normalized spacial score (nSPS) is 13.4. The summed E-state index contributed by atoms with van der Waals surface area (Å²) in [5, 5.41) is 0. The highest BCUT2D eigenvalue weighted by Gasteiger charge is 2.25. The number of fused-ring (bicyclic) bond motifs is 2.